The van der Waals surface area contributed by atoms with Gasteiger partial charge in [0.15, 0.2) is 6.10 Å². The lowest BCUT2D eigenvalue weighted by Crippen LogP contribution is -2.30. The standard InChI is InChI=1S/C21H20N2O6/c1-12-8-18-15(11-28-19(18)9-13(12)2)10-20(24)29-14(3)21(25)22-16-4-6-17(7-5-16)23(26)27/h4-9,11,14H,10H2,1-3H3,(H,22,25)/t14-/m0/s1. The van der Waals surface area contributed by atoms with Crippen molar-refractivity contribution in [1.82, 2.24) is 0 Å². The highest BCUT2D eigenvalue weighted by atomic mass is 16.6. The monoisotopic (exact) mass is 396 g/mol. The minimum atomic E-state index is -1.03. The van der Waals surface area contributed by atoms with Crippen molar-refractivity contribution in [2.45, 2.75) is 33.3 Å². The SMILES string of the molecule is Cc1cc2occ(CC(=O)O[C@@H](C)C(=O)Nc3ccc([N+](=O)[O-])cc3)c2cc1C. The van der Waals surface area contributed by atoms with Crippen LogP contribution in [0.25, 0.3) is 11.0 Å². The molecule has 3 rings (SSSR count). The van der Waals surface area contributed by atoms with Crippen LogP contribution in [0.1, 0.15) is 23.6 Å². The first-order valence-electron chi connectivity index (χ1n) is 8.96. The number of furan rings is 1. The third-order valence-corrected chi connectivity index (χ3v) is 4.63. The maximum atomic E-state index is 12.3. The molecule has 1 N–H and O–H groups in total. The Bertz CT molecular complexity index is 1080. The number of carbonyl (C=O) groups excluding carboxylic acids is 2. The Hall–Kier alpha value is -3.68. The van der Waals surface area contributed by atoms with Crippen LogP contribution in [0.4, 0.5) is 11.4 Å². The minimum absolute atomic E-state index is 0.0232. The summed E-state index contributed by atoms with van der Waals surface area (Å²) in [5, 5.41) is 14.1. The molecule has 3 aromatic rings. The van der Waals surface area contributed by atoms with Crippen molar-refractivity contribution in [2.75, 3.05) is 5.32 Å². The number of hydrogen-bond acceptors (Lipinski definition) is 6. The number of nitro groups is 1. The fourth-order valence-electron chi connectivity index (χ4n) is 2.83. The summed E-state index contributed by atoms with van der Waals surface area (Å²) in [6, 6.07) is 9.25. The predicted octanol–water partition coefficient (Wildman–Crippen LogP) is 4.07. The normalized spacial score (nSPS) is 11.8. The van der Waals surface area contributed by atoms with E-state index in [0.29, 0.717) is 16.8 Å². The maximum Gasteiger partial charge on any atom is 0.311 e. The van der Waals surface area contributed by atoms with Crippen molar-refractivity contribution in [2.24, 2.45) is 0 Å². The first-order chi connectivity index (χ1) is 13.7. The van der Waals surface area contributed by atoms with Gasteiger partial charge in [-0.1, -0.05) is 0 Å². The van der Waals surface area contributed by atoms with Gasteiger partial charge in [-0.05, 0) is 56.2 Å². The topological polar surface area (TPSA) is 112 Å². The maximum absolute atomic E-state index is 12.3. The van der Waals surface area contributed by atoms with Crippen LogP contribution in [0.5, 0.6) is 0 Å². The van der Waals surface area contributed by atoms with E-state index in [0.717, 1.165) is 16.5 Å². The minimum Gasteiger partial charge on any atom is -0.464 e. The molecule has 29 heavy (non-hydrogen) atoms. The number of nitro benzene ring substituents is 1. The Balaban J connectivity index is 1.60. The Morgan fingerprint density at radius 3 is 2.48 bits per heavy atom. The third kappa shape index (κ3) is 4.60. The molecule has 1 heterocycles. The van der Waals surface area contributed by atoms with Crippen LogP contribution in [-0.2, 0) is 20.7 Å². The summed E-state index contributed by atoms with van der Waals surface area (Å²) in [5.74, 6) is -1.09. The van der Waals surface area contributed by atoms with Gasteiger partial charge in [-0.25, -0.2) is 0 Å². The summed E-state index contributed by atoms with van der Waals surface area (Å²) in [7, 11) is 0. The second-order valence-electron chi connectivity index (χ2n) is 6.80. The second-order valence-corrected chi connectivity index (χ2v) is 6.80. The van der Waals surface area contributed by atoms with Crippen LogP contribution in [0, 0.1) is 24.0 Å². The van der Waals surface area contributed by atoms with Gasteiger partial charge in [-0.3, -0.25) is 19.7 Å². The van der Waals surface area contributed by atoms with Crippen molar-refractivity contribution in [1.29, 1.82) is 0 Å². The molecule has 0 aliphatic heterocycles. The smallest absolute Gasteiger partial charge is 0.311 e. The van der Waals surface area contributed by atoms with Crippen molar-refractivity contribution in [3.8, 4) is 0 Å². The molecule has 8 nitrogen and oxygen atoms in total. The zero-order valence-corrected chi connectivity index (χ0v) is 16.2. The highest BCUT2D eigenvalue weighted by molar-refractivity contribution is 5.95. The van der Waals surface area contributed by atoms with Gasteiger partial charge >= 0.3 is 5.97 Å². The molecule has 0 fully saturated rings. The molecule has 0 spiro atoms. The van der Waals surface area contributed by atoms with Crippen LogP contribution in [0.2, 0.25) is 0 Å². The molecule has 1 aromatic heterocycles. The van der Waals surface area contributed by atoms with Gasteiger partial charge in [0.1, 0.15) is 5.58 Å². The number of hydrogen-bond donors (Lipinski definition) is 1. The van der Waals surface area contributed by atoms with E-state index in [4.69, 9.17) is 9.15 Å². The van der Waals surface area contributed by atoms with E-state index in [-0.39, 0.29) is 12.1 Å². The van der Waals surface area contributed by atoms with E-state index in [1.165, 1.54) is 37.5 Å². The molecule has 2 aromatic carbocycles. The number of nitrogens with zero attached hydrogens (tertiary/aromatic N) is 1. The van der Waals surface area contributed by atoms with Gasteiger partial charge in [0, 0.05) is 28.8 Å². The fraction of sp³-hybridized carbons (Fsp3) is 0.238. The molecule has 0 saturated heterocycles. The number of ether oxygens (including phenoxy) is 1. The summed E-state index contributed by atoms with van der Waals surface area (Å²) in [6.07, 6.45) is 0.469. The van der Waals surface area contributed by atoms with Gasteiger partial charge in [-0.2, -0.15) is 0 Å². The van der Waals surface area contributed by atoms with Crippen LogP contribution in [0.3, 0.4) is 0 Å². The van der Waals surface area contributed by atoms with Crippen molar-refractivity contribution in [3.63, 3.8) is 0 Å². The summed E-state index contributed by atoms with van der Waals surface area (Å²) in [4.78, 5) is 34.6. The number of aryl methyl sites for hydroxylation is 2. The summed E-state index contributed by atoms with van der Waals surface area (Å²) in [5.41, 5.74) is 3.85. The Morgan fingerprint density at radius 1 is 1.17 bits per heavy atom. The predicted molar refractivity (Wildman–Crippen MR) is 107 cm³/mol. The third-order valence-electron chi connectivity index (χ3n) is 4.63. The molecule has 1 amide bonds. The highest BCUT2D eigenvalue weighted by Crippen LogP contribution is 2.25. The van der Waals surface area contributed by atoms with Crippen molar-refractivity contribution in [3.05, 3.63) is 69.5 Å². The quantitative estimate of drug-likeness (QED) is 0.382. The lowest BCUT2D eigenvalue weighted by molar-refractivity contribution is -0.384. The Labute approximate surface area is 166 Å². The van der Waals surface area contributed by atoms with E-state index >= 15 is 0 Å². The number of anilines is 1. The van der Waals surface area contributed by atoms with Crippen molar-refractivity contribution >= 4 is 34.2 Å². The van der Waals surface area contributed by atoms with Gasteiger partial charge in [0.05, 0.1) is 17.6 Å². The van der Waals surface area contributed by atoms with Gasteiger partial charge in [-0.15, -0.1) is 0 Å². The molecule has 150 valence electrons. The van der Waals surface area contributed by atoms with Crippen molar-refractivity contribution < 1.29 is 23.7 Å². The molecular formula is C21H20N2O6. The summed E-state index contributed by atoms with van der Waals surface area (Å²) < 4.78 is 10.7. The Kier molecular flexibility index (Phi) is 5.63. The molecule has 0 aliphatic carbocycles. The van der Waals surface area contributed by atoms with Gasteiger partial charge < -0.3 is 14.5 Å². The molecule has 0 aliphatic rings. The second kappa shape index (κ2) is 8.14. The van der Waals surface area contributed by atoms with Gasteiger partial charge in [0.25, 0.3) is 11.6 Å². The average molecular weight is 396 g/mol. The number of fused-ring (bicyclic) bond motifs is 1. The first-order valence-corrected chi connectivity index (χ1v) is 8.96. The highest BCUT2D eigenvalue weighted by Gasteiger charge is 2.20. The molecular weight excluding hydrogens is 376 g/mol. The molecule has 8 heteroatoms. The number of esters is 1. The van der Waals surface area contributed by atoms with E-state index in [1.807, 2.05) is 26.0 Å². The number of rotatable bonds is 6. The van der Waals surface area contributed by atoms with E-state index in [9.17, 15) is 19.7 Å². The summed E-state index contributed by atoms with van der Waals surface area (Å²) >= 11 is 0. The zero-order chi connectivity index (χ0) is 21.1. The largest absolute Gasteiger partial charge is 0.464 e. The average Bonchev–Trinajstić information content (AvgIpc) is 3.03. The molecule has 0 saturated carbocycles. The number of nitrogens with one attached hydrogen (secondary N) is 1. The number of benzene rings is 2. The number of amides is 1. The summed E-state index contributed by atoms with van der Waals surface area (Å²) in [6.45, 7) is 5.42. The van der Waals surface area contributed by atoms with Crippen LogP contribution in [0.15, 0.2) is 47.1 Å². The molecule has 0 bridgehead atoms. The Morgan fingerprint density at radius 2 is 1.83 bits per heavy atom. The van der Waals surface area contributed by atoms with E-state index < -0.39 is 22.9 Å². The fourth-order valence-corrected chi connectivity index (χ4v) is 2.83. The van der Waals surface area contributed by atoms with Crippen LogP contribution in [-0.4, -0.2) is 22.9 Å². The molecule has 1 atom stereocenters. The lowest BCUT2D eigenvalue weighted by Gasteiger charge is -2.13. The molecule has 0 radical (unpaired) electrons. The van der Waals surface area contributed by atoms with Crippen LogP contribution >= 0.6 is 0 Å². The van der Waals surface area contributed by atoms with Gasteiger partial charge in [0.2, 0.25) is 0 Å². The van der Waals surface area contributed by atoms with Crippen LogP contribution < -0.4 is 5.32 Å². The van der Waals surface area contributed by atoms with E-state index in [2.05, 4.69) is 5.32 Å². The number of non-ortho nitro benzene ring substituents is 1. The first kappa shape index (κ1) is 20.1. The van der Waals surface area contributed by atoms with E-state index in [1.54, 1.807) is 0 Å². The zero-order valence-electron chi connectivity index (χ0n) is 16.2. The lowest BCUT2D eigenvalue weighted by atomic mass is 10.0. The molecule has 0 unspecified atom stereocenters. The number of carbonyl (C=O) groups is 2.